The SMILES string of the molecule is CCOc1ccc(S(=O)(=O)NCCC[NH+]2CCN(c3ccc(Cl)cc3)CC2)cc1F. The minimum atomic E-state index is -3.74. The van der Waals surface area contributed by atoms with Crippen molar-refractivity contribution in [3.8, 4) is 5.75 Å². The number of ether oxygens (including phenoxy) is 1. The summed E-state index contributed by atoms with van der Waals surface area (Å²) < 4.78 is 46.4. The van der Waals surface area contributed by atoms with Crippen LogP contribution in [-0.2, 0) is 10.0 Å². The van der Waals surface area contributed by atoms with E-state index in [4.69, 9.17) is 16.3 Å². The molecule has 2 N–H and O–H groups in total. The lowest BCUT2D eigenvalue weighted by molar-refractivity contribution is -0.900. The summed E-state index contributed by atoms with van der Waals surface area (Å²) in [6, 6.07) is 11.6. The number of hydrogen-bond acceptors (Lipinski definition) is 4. The van der Waals surface area contributed by atoms with E-state index < -0.39 is 15.8 Å². The van der Waals surface area contributed by atoms with Gasteiger partial charge in [0.15, 0.2) is 11.6 Å². The van der Waals surface area contributed by atoms with Crippen molar-refractivity contribution in [2.45, 2.75) is 18.2 Å². The molecule has 0 radical (unpaired) electrons. The first-order valence-corrected chi connectivity index (χ1v) is 12.0. The minimum Gasteiger partial charge on any atom is -0.491 e. The van der Waals surface area contributed by atoms with E-state index in [0.29, 0.717) is 13.2 Å². The van der Waals surface area contributed by atoms with E-state index in [1.54, 1.807) is 6.92 Å². The van der Waals surface area contributed by atoms with Crippen molar-refractivity contribution in [1.29, 1.82) is 0 Å². The summed E-state index contributed by atoms with van der Waals surface area (Å²) in [7, 11) is -3.74. The second-order valence-electron chi connectivity index (χ2n) is 7.24. The van der Waals surface area contributed by atoms with Gasteiger partial charge in [-0.1, -0.05) is 11.6 Å². The zero-order valence-corrected chi connectivity index (χ0v) is 18.6. The van der Waals surface area contributed by atoms with E-state index in [2.05, 4.69) is 9.62 Å². The first kappa shape index (κ1) is 22.8. The number of sulfonamides is 1. The Hall–Kier alpha value is -1.87. The first-order chi connectivity index (χ1) is 14.4. The van der Waals surface area contributed by atoms with Crippen molar-refractivity contribution in [2.24, 2.45) is 0 Å². The number of nitrogens with zero attached hydrogens (tertiary/aromatic N) is 1. The maximum Gasteiger partial charge on any atom is 0.240 e. The Labute approximate surface area is 182 Å². The molecule has 0 unspecified atom stereocenters. The monoisotopic (exact) mass is 456 g/mol. The van der Waals surface area contributed by atoms with Crippen LogP contribution < -0.4 is 19.3 Å². The molecule has 2 aromatic rings. The van der Waals surface area contributed by atoms with Crippen molar-refractivity contribution in [2.75, 3.05) is 50.8 Å². The Morgan fingerprint density at radius 2 is 1.87 bits per heavy atom. The van der Waals surface area contributed by atoms with Crippen LogP contribution in [-0.4, -0.2) is 54.3 Å². The van der Waals surface area contributed by atoms with Gasteiger partial charge in [-0.15, -0.1) is 0 Å². The number of piperazine rings is 1. The molecule has 0 amide bonds. The Bertz CT molecular complexity index is 933. The van der Waals surface area contributed by atoms with Gasteiger partial charge in [0, 0.05) is 23.7 Å². The van der Waals surface area contributed by atoms with Gasteiger partial charge >= 0.3 is 0 Å². The average Bonchev–Trinajstić information content (AvgIpc) is 2.74. The fraction of sp³-hybridized carbons (Fsp3) is 0.429. The van der Waals surface area contributed by atoms with Crippen molar-refractivity contribution >= 4 is 27.3 Å². The van der Waals surface area contributed by atoms with Crippen LogP contribution in [0.1, 0.15) is 13.3 Å². The zero-order valence-electron chi connectivity index (χ0n) is 17.0. The predicted octanol–water partition coefficient (Wildman–Crippen LogP) is 1.95. The number of nitrogens with one attached hydrogen (secondary N) is 2. The average molecular weight is 457 g/mol. The molecule has 0 spiro atoms. The topological polar surface area (TPSA) is 63.1 Å². The fourth-order valence-corrected chi connectivity index (χ4v) is 4.74. The number of rotatable bonds is 9. The molecule has 0 bridgehead atoms. The third kappa shape index (κ3) is 6.07. The van der Waals surface area contributed by atoms with Crippen molar-refractivity contribution in [3.63, 3.8) is 0 Å². The van der Waals surface area contributed by atoms with Crippen LogP contribution in [0.25, 0.3) is 0 Å². The van der Waals surface area contributed by atoms with Gasteiger partial charge in [0.05, 0.1) is 44.2 Å². The van der Waals surface area contributed by atoms with Crippen LogP contribution in [0.2, 0.25) is 5.02 Å². The molecule has 6 nitrogen and oxygen atoms in total. The molecule has 0 aromatic heterocycles. The second-order valence-corrected chi connectivity index (χ2v) is 9.44. The molecule has 3 rings (SSSR count). The normalized spacial score (nSPS) is 15.4. The highest BCUT2D eigenvalue weighted by atomic mass is 35.5. The Morgan fingerprint density at radius 1 is 1.17 bits per heavy atom. The van der Waals surface area contributed by atoms with E-state index in [9.17, 15) is 12.8 Å². The molecule has 30 heavy (non-hydrogen) atoms. The van der Waals surface area contributed by atoms with E-state index in [-0.39, 0.29) is 10.6 Å². The maximum absolute atomic E-state index is 13.9. The standard InChI is InChI=1S/C21H27ClFN3O3S/c1-2-29-21-9-8-19(16-20(21)23)30(27,28)24-10-3-11-25-12-14-26(15-13-25)18-6-4-17(22)5-7-18/h4-9,16,24H,2-3,10-15H2,1H3/p+1. The van der Waals surface area contributed by atoms with E-state index in [1.807, 2.05) is 24.3 Å². The summed E-state index contributed by atoms with van der Waals surface area (Å²) in [5.41, 5.74) is 1.17. The molecule has 9 heteroatoms. The van der Waals surface area contributed by atoms with Crippen LogP contribution in [0.5, 0.6) is 5.75 Å². The first-order valence-electron chi connectivity index (χ1n) is 10.1. The van der Waals surface area contributed by atoms with Gasteiger partial charge in [-0.2, -0.15) is 0 Å². The molecule has 1 saturated heterocycles. The molecule has 0 aliphatic carbocycles. The Morgan fingerprint density at radius 3 is 2.50 bits per heavy atom. The van der Waals surface area contributed by atoms with Crippen LogP contribution in [0.3, 0.4) is 0 Å². The second kappa shape index (κ2) is 10.4. The van der Waals surface area contributed by atoms with Gasteiger partial charge in [-0.25, -0.2) is 17.5 Å². The quantitative estimate of drug-likeness (QED) is 0.566. The summed E-state index contributed by atoms with van der Waals surface area (Å²) >= 11 is 5.95. The number of benzene rings is 2. The van der Waals surface area contributed by atoms with Gasteiger partial charge in [0.25, 0.3) is 0 Å². The summed E-state index contributed by atoms with van der Waals surface area (Å²) in [5.74, 6) is -0.625. The zero-order chi connectivity index (χ0) is 21.6. The smallest absolute Gasteiger partial charge is 0.240 e. The molecular weight excluding hydrogens is 429 g/mol. The molecule has 1 aliphatic rings. The van der Waals surface area contributed by atoms with Crippen molar-refractivity contribution in [1.82, 2.24) is 4.72 Å². The van der Waals surface area contributed by atoms with Gasteiger partial charge in [0.1, 0.15) is 0 Å². The molecule has 1 aliphatic heterocycles. The van der Waals surface area contributed by atoms with Crippen LogP contribution in [0.4, 0.5) is 10.1 Å². The minimum absolute atomic E-state index is 0.0535. The third-order valence-electron chi connectivity index (χ3n) is 5.17. The Kier molecular flexibility index (Phi) is 7.93. The Balaban J connectivity index is 1.41. The highest BCUT2D eigenvalue weighted by molar-refractivity contribution is 7.89. The van der Waals surface area contributed by atoms with Crippen LogP contribution in [0, 0.1) is 5.82 Å². The lowest BCUT2D eigenvalue weighted by atomic mass is 10.2. The predicted molar refractivity (Wildman–Crippen MR) is 117 cm³/mol. The fourth-order valence-electron chi connectivity index (χ4n) is 3.53. The highest BCUT2D eigenvalue weighted by Gasteiger charge is 2.21. The van der Waals surface area contributed by atoms with E-state index in [0.717, 1.165) is 50.2 Å². The largest absolute Gasteiger partial charge is 0.491 e. The highest BCUT2D eigenvalue weighted by Crippen LogP contribution is 2.21. The van der Waals surface area contributed by atoms with Crippen molar-refractivity contribution in [3.05, 3.63) is 53.3 Å². The van der Waals surface area contributed by atoms with Gasteiger partial charge in [-0.3, -0.25) is 0 Å². The van der Waals surface area contributed by atoms with Gasteiger partial charge < -0.3 is 14.5 Å². The third-order valence-corrected chi connectivity index (χ3v) is 6.89. The number of quaternary nitrogens is 1. The van der Waals surface area contributed by atoms with Crippen molar-refractivity contribution < 1.29 is 22.4 Å². The summed E-state index contributed by atoms with van der Waals surface area (Å²) in [4.78, 5) is 3.70. The molecule has 2 aromatic carbocycles. The maximum atomic E-state index is 13.9. The number of hydrogen-bond donors (Lipinski definition) is 2. The van der Waals surface area contributed by atoms with Crippen LogP contribution in [0.15, 0.2) is 47.4 Å². The molecule has 0 atom stereocenters. The summed E-state index contributed by atoms with van der Waals surface area (Å²) in [5, 5.41) is 0.735. The lowest BCUT2D eigenvalue weighted by Gasteiger charge is -2.33. The molecular formula is C21H28ClFN3O3S+. The molecule has 0 saturated carbocycles. The molecule has 164 valence electrons. The van der Waals surface area contributed by atoms with E-state index >= 15 is 0 Å². The van der Waals surface area contributed by atoms with E-state index in [1.165, 1.54) is 22.7 Å². The molecule has 1 heterocycles. The van der Waals surface area contributed by atoms with Crippen LogP contribution >= 0.6 is 11.6 Å². The molecule has 1 fully saturated rings. The lowest BCUT2D eigenvalue weighted by Crippen LogP contribution is -3.15. The number of halogens is 2. The summed E-state index contributed by atoms with van der Waals surface area (Å²) in [6.07, 6.45) is 0.717. The van der Waals surface area contributed by atoms with Gasteiger partial charge in [-0.05, 0) is 49.4 Å². The summed E-state index contributed by atoms with van der Waals surface area (Å²) in [6.45, 7) is 7.17. The number of anilines is 1. The van der Waals surface area contributed by atoms with Gasteiger partial charge in [0.2, 0.25) is 10.0 Å².